The van der Waals surface area contributed by atoms with E-state index in [0.717, 1.165) is 21.7 Å². The molecule has 0 bridgehead atoms. The van der Waals surface area contributed by atoms with Crippen LogP contribution in [0.2, 0.25) is 0 Å². The molecule has 0 aliphatic carbocycles. The van der Waals surface area contributed by atoms with Crippen LogP contribution in [0.4, 0.5) is 14.5 Å². The summed E-state index contributed by atoms with van der Waals surface area (Å²) in [6.07, 6.45) is 1.69. The Hall–Kier alpha value is -5.03. The first kappa shape index (κ1) is 30.0. The van der Waals surface area contributed by atoms with E-state index in [4.69, 9.17) is 4.42 Å². The molecule has 1 aromatic heterocycles. The lowest BCUT2D eigenvalue weighted by Crippen LogP contribution is -2.37. The zero-order valence-corrected chi connectivity index (χ0v) is 25.5. The van der Waals surface area contributed by atoms with Crippen LogP contribution in [0.5, 0.6) is 0 Å². The molecule has 2 amide bonds. The van der Waals surface area contributed by atoms with E-state index in [1.807, 2.05) is 12.1 Å². The molecule has 0 atom stereocenters. The highest BCUT2D eigenvalue weighted by Gasteiger charge is 2.28. The van der Waals surface area contributed by atoms with E-state index < -0.39 is 21.7 Å². The molecule has 0 spiro atoms. The number of rotatable bonds is 7. The average Bonchev–Trinajstić information content (AvgIpc) is 3.40. The van der Waals surface area contributed by atoms with E-state index in [0.29, 0.717) is 47.2 Å². The Labute approximate surface area is 258 Å². The van der Waals surface area contributed by atoms with E-state index in [9.17, 15) is 26.8 Å². The summed E-state index contributed by atoms with van der Waals surface area (Å²) in [5.74, 6) is -1.25. The second-order valence-corrected chi connectivity index (χ2v) is 13.0. The van der Waals surface area contributed by atoms with Crippen molar-refractivity contribution in [1.29, 1.82) is 0 Å². The number of hydrogen-bond acceptors (Lipinski definition) is 5. The predicted molar refractivity (Wildman–Crippen MR) is 169 cm³/mol. The van der Waals surface area contributed by atoms with Crippen molar-refractivity contribution in [2.45, 2.75) is 13.0 Å². The lowest BCUT2D eigenvalue weighted by molar-refractivity contribution is 0.0727. The van der Waals surface area contributed by atoms with Gasteiger partial charge in [0, 0.05) is 55.3 Å². The maximum atomic E-state index is 13.7. The second kappa shape index (κ2) is 11.5. The van der Waals surface area contributed by atoms with Crippen LogP contribution in [-0.2, 0) is 23.0 Å². The number of anilines is 1. The van der Waals surface area contributed by atoms with E-state index in [1.165, 1.54) is 50.5 Å². The molecule has 1 aliphatic rings. The molecule has 5 aromatic rings. The van der Waals surface area contributed by atoms with Gasteiger partial charge in [0.1, 0.15) is 23.0 Å². The molecule has 45 heavy (non-hydrogen) atoms. The maximum Gasteiger partial charge on any atom is 0.255 e. The van der Waals surface area contributed by atoms with Crippen LogP contribution in [0, 0.1) is 11.6 Å². The SMILES string of the molecule is CNC(=O)c1c(-c2ccc(F)cc2)oc2cc(N(C)S(C)(=O)=O)c(-c3ccc4c(c3)C(=O)N(Cc3ccc(F)cc3)CC4)cc12. The van der Waals surface area contributed by atoms with Crippen LogP contribution in [0.1, 0.15) is 31.8 Å². The number of sulfonamides is 1. The van der Waals surface area contributed by atoms with Gasteiger partial charge < -0.3 is 14.6 Å². The summed E-state index contributed by atoms with van der Waals surface area (Å²) in [6.45, 7) is 0.806. The number of benzene rings is 4. The van der Waals surface area contributed by atoms with Gasteiger partial charge in [-0.05, 0) is 71.6 Å². The largest absolute Gasteiger partial charge is 0.455 e. The number of fused-ring (bicyclic) bond motifs is 2. The second-order valence-electron chi connectivity index (χ2n) is 11.0. The minimum Gasteiger partial charge on any atom is -0.455 e. The third-order valence-corrected chi connectivity index (χ3v) is 9.27. The number of carbonyl (C=O) groups excluding carboxylic acids is 2. The Morgan fingerprint density at radius 3 is 2.22 bits per heavy atom. The van der Waals surface area contributed by atoms with Gasteiger partial charge in [0.05, 0.1) is 17.5 Å². The van der Waals surface area contributed by atoms with Crippen LogP contribution in [0.15, 0.2) is 83.3 Å². The lowest BCUT2D eigenvalue weighted by atomic mass is 9.92. The van der Waals surface area contributed by atoms with E-state index in [-0.39, 0.29) is 34.3 Å². The van der Waals surface area contributed by atoms with Crippen LogP contribution in [-0.4, -0.2) is 52.0 Å². The van der Waals surface area contributed by atoms with Gasteiger partial charge >= 0.3 is 0 Å². The van der Waals surface area contributed by atoms with Gasteiger partial charge in [0.25, 0.3) is 11.8 Å². The van der Waals surface area contributed by atoms with Crippen molar-refractivity contribution in [3.05, 3.63) is 113 Å². The number of furan rings is 1. The Kier molecular flexibility index (Phi) is 7.65. The highest BCUT2D eigenvalue weighted by molar-refractivity contribution is 7.92. The Morgan fingerprint density at radius 1 is 0.933 bits per heavy atom. The molecule has 6 rings (SSSR count). The van der Waals surface area contributed by atoms with Gasteiger partial charge in [-0.3, -0.25) is 13.9 Å². The van der Waals surface area contributed by atoms with Gasteiger partial charge in [-0.15, -0.1) is 0 Å². The summed E-state index contributed by atoms with van der Waals surface area (Å²) >= 11 is 0. The lowest BCUT2D eigenvalue weighted by Gasteiger charge is -2.29. The van der Waals surface area contributed by atoms with Crippen molar-refractivity contribution in [2.75, 3.05) is 31.2 Å². The zero-order chi connectivity index (χ0) is 32.0. The smallest absolute Gasteiger partial charge is 0.255 e. The predicted octanol–water partition coefficient (Wildman–Crippen LogP) is 6.00. The Bertz CT molecular complexity index is 2070. The number of nitrogens with zero attached hydrogens (tertiary/aromatic N) is 2. The van der Waals surface area contributed by atoms with Crippen molar-refractivity contribution in [1.82, 2.24) is 10.2 Å². The Balaban J connectivity index is 1.51. The molecule has 11 heteroatoms. The fourth-order valence-corrected chi connectivity index (χ4v) is 6.12. The quantitative estimate of drug-likeness (QED) is 0.238. The van der Waals surface area contributed by atoms with Gasteiger partial charge in [0.2, 0.25) is 10.0 Å². The molecule has 230 valence electrons. The van der Waals surface area contributed by atoms with Crippen LogP contribution >= 0.6 is 0 Å². The number of halogens is 2. The summed E-state index contributed by atoms with van der Waals surface area (Å²) in [5.41, 5.74) is 4.33. The van der Waals surface area contributed by atoms with Crippen molar-refractivity contribution in [3.63, 3.8) is 0 Å². The molecule has 0 fully saturated rings. The standard InChI is InChI=1S/C34H29F2N3O5S/c1-37-33(40)31-28-17-26(29(38(2)45(3,42)43)18-30(28)44-32(31)22-8-12-25(36)13-9-22)23-7-6-21-14-15-39(34(41)27(21)16-23)19-20-4-10-24(35)11-5-20/h4-13,16-18H,14-15,19H2,1-3H3,(H,37,40). The Morgan fingerprint density at radius 2 is 1.58 bits per heavy atom. The van der Waals surface area contributed by atoms with E-state index in [1.54, 1.807) is 35.2 Å². The van der Waals surface area contributed by atoms with Crippen LogP contribution in [0.25, 0.3) is 33.4 Å². The summed E-state index contributed by atoms with van der Waals surface area (Å²) < 4.78 is 59.9. The number of nitrogens with one attached hydrogen (secondary N) is 1. The third kappa shape index (κ3) is 5.66. The summed E-state index contributed by atoms with van der Waals surface area (Å²) in [6, 6.07) is 20.1. The monoisotopic (exact) mass is 629 g/mol. The summed E-state index contributed by atoms with van der Waals surface area (Å²) in [5, 5.41) is 3.04. The van der Waals surface area contributed by atoms with E-state index in [2.05, 4.69) is 5.32 Å². The molecule has 4 aromatic carbocycles. The minimum atomic E-state index is -3.74. The molecule has 2 heterocycles. The minimum absolute atomic E-state index is 0.200. The molecular weight excluding hydrogens is 600 g/mol. The summed E-state index contributed by atoms with van der Waals surface area (Å²) in [7, 11) is -0.847. The fraction of sp³-hybridized carbons (Fsp3) is 0.176. The fourth-order valence-electron chi connectivity index (χ4n) is 5.61. The third-order valence-electron chi connectivity index (χ3n) is 8.08. The van der Waals surface area contributed by atoms with E-state index >= 15 is 0 Å². The molecule has 0 radical (unpaired) electrons. The molecule has 0 unspecified atom stereocenters. The normalized spacial score (nSPS) is 13.2. The molecule has 8 nitrogen and oxygen atoms in total. The number of carbonyl (C=O) groups is 2. The van der Waals surface area contributed by atoms with Crippen molar-refractivity contribution in [3.8, 4) is 22.5 Å². The molecule has 0 saturated heterocycles. The van der Waals surface area contributed by atoms with Gasteiger partial charge in [-0.25, -0.2) is 17.2 Å². The number of hydrogen-bond donors (Lipinski definition) is 1. The molecular formula is C34H29F2N3O5S. The van der Waals surface area contributed by atoms with Gasteiger partial charge in [-0.1, -0.05) is 24.3 Å². The first-order chi connectivity index (χ1) is 21.4. The topological polar surface area (TPSA) is 99.9 Å². The van der Waals surface area contributed by atoms with Gasteiger partial charge in [0.15, 0.2) is 0 Å². The maximum absolute atomic E-state index is 13.7. The first-order valence-electron chi connectivity index (χ1n) is 14.1. The first-order valence-corrected chi connectivity index (χ1v) is 16.0. The molecule has 0 saturated carbocycles. The molecule has 1 N–H and O–H groups in total. The molecule has 1 aliphatic heterocycles. The zero-order valence-electron chi connectivity index (χ0n) is 24.7. The highest BCUT2D eigenvalue weighted by atomic mass is 32.2. The van der Waals surface area contributed by atoms with Crippen LogP contribution in [0.3, 0.4) is 0 Å². The average molecular weight is 630 g/mol. The van der Waals surface area contributed by atoms with Crippen molar-refractivity contribution >= 4 is 38.5 Å². The highest BCUT2D eigenvalue weighted by Crippen LogP contribution is 2.42. The summed E-state index contributed by atoms with van der Waals surface area (Å²) in [4.78, 5) is 28.6. The number of amides is 2. The van der Waals surface area contributed by atoms with Crippen molar-refractivity contribution < 1.29 is 31.2 Å². The van der Waals surface area contributed by atoms with Crippen molar-refractivity contribution in [2.24, 2.45) is 0 Å². The van der Waals surface area contributed by atoms with Crippen LogP contribution < -0.4 is 9.62 Å². The van der Waals surface area contributed by atoms with Gasteiger partial charge in [-0.2, -0.15) is 0 Å².